The lowest BCUT2D eigenvalue weighted by Crippen LogP contribution is -2.22. The second-order valence-corrected chi connectivity index (χ2v) is 7.53. The van der Waals surface area contributed by atoms with Crippen LogP contribution in [0.25, 0.3) is 0 Å². The molecule has 2 aromatic rings. The predicted molar refractivity (Wildman–Crippen MR) is 96.8 cm³/mol. The summed E-state index contributed by atoms with van der Waals surface area (Å²) in [6.07, 6.45) is 1.12. The highest BCUT2D eigenvalue weighted by Gasteiger charge is 2.14. The Labute approximate surface area is 152 Å². The highest BCUT2D eigenvalue weighted by atomic mass is 32.2. The van der Waals surface area contributed by atoms with Gasteiger partial charge in [-0.1, -0.05) is 0 Å². The minimum Gasteiger partial charge on any atom is -0.493 e. The molecule has 1 N–H and O–H groups in total. The molecule has 0 aliphatic rings. The van der Waals surface area contributed by atoms with Crippen LogP contribution in [-0.2, 0) is 16.4 Å². The smallest absolute Gasteiger partial charge is 0.251 e. The van der Waals surface area contributed by atoms with Crippen LogP contribution in [0.15, 0.2) is 41.3 Å². The van der Waals surface area contributed by atoms with Gasteiger partial charge in [-0.05, 0) is 42.0 Å². The SMILES string of the molecule is COc1cc(CNC(=O)c2ccc(S(C)(=O)=O)cc2)cc(OC)c1OC. The summed E-state index contributed by atoms with van der Waals surface area (Å²) in [5, 5.41) is 2.77. The summed E-state index contributed by atoms with van der Waals surface area (Å²) in [7, 11) is 1.26. The van der Waals surface area contributed by atoms with E-state index in [2.05, 4.69) is 5.32 Å². The Hall–Kier alpha value is -2.74. The fraction of sp³-hybridized carbons (Fsp3) is 0.278. The Kier molecular flexibility index (Phi) is 6.10. The predicted octanol–water partition coefficient (Wildman–Crippen LogP) is 2.05. The summed E-state index contributed by atoms with van der Waals surface area (Å²) in [6, 6.07) is 9.25. The molecule has 0 bridgehead atoms. The molecule has 7 nitrogen and oxygen atoms in total. The molecule has 0 radical (unpaired) electrons. The molecule has 0 fully saturated rings. The van der Waals surface area contributed by atoms with Crippen molar-refractivity contribution in [2.75, 3.05) is 27.6 Å². The Morgan fingerprint density at radius 2 is 1.50 bits per heavy atom. The molecule has 1 amide bonds. The van der Waals surface area contributed by atoms with Crippen LogP contribution in [0.2, 0.25) is 0 Å². The summed E-state index contributed by atoms with van der Waals surface area (Å²) >= 11 is 0. The molecule has 0 aromatic heterocycles. The van der Waals surface area contributed by atoms with Gasteiger partial charge in [0, 0.05) is 18.4 Å². The summed E-state index contributed by atoms with van der Waals surface area (Å²) in [5.74, 6) is 1.14. The summed E-state index contributed by atoms with van der Waals surface area (Å²) in [5.41, 5.74) is 1.13. The van der Waals surface area contributed by atoms with Gasteiger partial charge in [0.15, 0.2) is 21.3 Å². The van der Waals surface area contributed by atoms with Crippen molar-refractivity contribution in [3.05, 3.63) is 47.5 Å². The van der Waals surface area contributed by atoms with E-state index in [9.17, 15) is 13.2 Å². The van der Waals surface area contributed by atoms with E-state index in [4.69, 9.17) is 14.2 Å². The highest BCUT2D eigenvalue weighted by molar-refractivity contribution is 7.90. The van der Waals surface area contributed by atoms with E-state index < -0.39 is 9.84 Å². The number of hydrogen-bond donors (Lipinski definition) is 1. The molecule has 0 unspecified atom stereocenters. The number of rotatable bonds is 7. The Balaban J connectivity index is 2.14. The standard InChI is InChI=1S/C18H21NO6S/c1-23-15-9-12(10-16(24-2)17(15)25-3)11-19-18(20)13-5-7-14(8-6-13)26(4,21)22/h5-10H,11H2,1-4H3,(H,19,20). The third-order valence-electron chi connectivity index (χ3n) is 3.72. The molecule has 0 spiro atoms. The van der Waals surface area contributed by atoms with Crippen LogP contribution in [0.3, 0.4) is 0 Å². The van der Waals surface area contributed by atoms with Crippen molar-refractivity contribution in [2.24, 2.45) is 0 Å². The molecular formula is C18H21NO6S. The Morgan fingerprint density at radius 1 is 0.962 bits per heavy atom. The zero-order valence-corrected chi connectivity index (χ0v) is 15.8. The monoisotopic (exact) mass is 379 g/mol. The van der Waals surface area contributed by atoms with Gasteiger partial charge in [0.1, 0.15) is 0 Å². The number of methoxy groups -OCH3 is 3. The van der Waals surface area contributed by atoms with Crippen LogP contribution < -0.4 is 19.5 Å². The van der Waals surface area contributed by atoms with Crippen molar-refractivity contribution in [2.45, 2.75) is 11.4 Å². The first-order chi connectivity index (χ1) is 12.3. The van der Waals surface area contributed by atoms with Gasteiger partial charge in [-0.2, -0.15) is 0 Å². The normalized spacial score (nSPS) is 10.9. The molecule has 8 heteroatoms. The number of carbonyl (C=O) groups is 1. The largest absolute Gasteiger partial charge is 0.493 e. The van der Waals surface area contributed by atoms with E-state index in [0.717, 1.165) is 11.8 Å². The van der Waals surface area contributed by atoms with Gasteiger partial charge >= 0.3 is 0 Å². The van der Waals surface area contributed by atoms with Crippen molar-refractivity contribution in [1.82, 2.24) is 5.32 Å². The number of benzene rings is 2. The van der Waals surface area contributed by atoms with Crippen LogP contribution in [0.4, 0.5) is 0 Å². The van der Waals surface area contributed by atoms with Crippen molar-refractivity contribution < 1.29 is 27.4 Å². The minimum absolute atomic E-state index is 0.165. The minimum atomic E-state index is -3.29. The molecule has 0 aliphatic heterocycles. The third kappa shape index (κ3) is 4.45. The van der Waals surface area contributed by atoms with Gasteiger partial charge in [0.05, 0.1) is 26.2 Å². The number of amides is 1. The van der Waals surface area contributed by atoms with Crippen LogP contribution >= 0.6 is 0 Å². The van der Waals surface area contributed by atoms with E-state index in [1.54, 1.807) is 12.1 Å². The van der Waals surface area contributed by atoms with Gasteiger partial charge in [0.25, 0.3) is 5.91 Å². The second-order valence-electron chi connectivity index (χ2n) is 5.51. The van der Waals surface area contributed by atoms with Gasteiger partial charge in [-0.25, -0.2) is 8.42 Å². The van der Waals surface area contributed by atoms with E-state index >= 15 is 0 Å². The first-order valence-electron chi connectivity index (χ1n) is 7.67. The lowest BCUT2D eigenvalue weighted by Gasteiger charge is -2.14. The van der Waals surface area contributed by atoms with Gasteiger partial charge in [0.2, 0.25) is 5.75 Å². The van der Waals surface area contributed by atoms with Gasteiger partial charge in [-0.15, -0.1) is 0 Å². The lowest BCUT2D eigenvalue weighted by molar-refractivity contribution is 0.0950. The highest BCUT2D eigenvalue weighted by Crippen LogP contribution is 2.38. The number of nitrogens with one attached hydrogen (secondary N) is 1. The molecule has 0 saturated carbocycles. The fourth-order valence-corrected chi connectivity index (χ4v) is 3.01. The van der Waals surface area contributed by atoms with Gasteiger partial charge < -0.3 is 19.5 Å². The molecular weight excluding hydrogens is 358 g/mol. The van der Waals surface area contributed by atoms with E-state index in [1.807, 2.05) is 0 Å². The van der Waals surface area contributed by atoms with Crippen LogP contribution in [0.1, 0.15) is 15.9 Å². The third-order valence-corrected chi connectivity index (χ3v) is 4.85. The number of hydrogen-bond acceptors (Lipinski definition) is 6. The maximum absolute atomic E-state index is 12.3. The van der Waals surface area contributed by atoms with E-state index in [0.29, 0.717) is 22.8 Å². The second kappa shape index (κ2) is 8.09. The van der Waals surface area contributed by atoms with Crippen molar-refractivity contribution in [3.8, 4) is 17.2 Å². The van der Waals surface area contributed by atoms with Crippen LogP contribution in [0, 0.1) is 0 Å². The van der Waals surface area contributed by atoms with E-state index in [-0.39, 0.29) is 17.3 Å². The van der Waals surface area contributed by atoms with Crippen LogP contribution in [-0.4, -0.2) is 41.9 Å². The lowest BCUT2D eigenvalue weighted by atomic mass is 10.1. The number of ether oxygens (including phenoxy) is 3. The number of carbonyl (C=O) groups excluding carboxylic acids is 1. The first kappa shape index (κ1) is 19.6. The fourth-order valence-electron chi connectivity index (χ4n) is 2.38. The number of sulfone groups is 1. The average molecular weight is 379 g/mol. The maximum atomic E-state index is 12.3. The topological polar surface area (TPSA) is 90.9 Å². The molecule has 2 rings (SSSR count). The maximum Gasteiger partial charge on any atom is 0.251 e. The Morgan fingerprint density at radius 3 is 1.92 bits per heavy atom. The molecule has 0 heterocycles. The molecule has 0 atom stereocenters. The molecule has 0 aliphatic carbocycles. The van der Waals surface area contributed by atoms with E-state index in [1.165, 1.54) is 45.6 Å². The molecule has 0 saturated heterocycles. The summed E-state index contributed by atoms with van der Waals surface area (Å²) in [4.78, 5) is 12.4. The summed E-state index contributed by atoms with van der Waals surface area (Å²) < 4.78 is 38.7. The first-order valence-corrected chi connectivity index (χ1v) is 9.56. The quantitative estimate of drug-likeness (QED) is 0.792. The molecule has 26 heavy (non-hydrogen) atoms. The zero-order chi connectivity index (χ0) is 19.3. The van der Waals surface area contributed by atoms with Gasteiger partial charge in [-0.3, -0.25) is 4.79 Å². The average Bonchev–Trinajstić information content (AvgIpc) is 2.64. The van der Waals surface area contributed by atoms with Crippen molar-refractivity contribution in [1.29, 1.82) is 0 Å². The Bertz CT molecular complexity index is 865. The van der Waals surface area contributed by atoms with Crippen LogP contribution in [0.5, 0.6) is 17.2 Å². The summed E-state index contributed by atoms with van der Waals surface area (Å²) in [6.45, 7) is 0.239. The molecule has 2 aromatic carbocycles. The molecule has 140 valence electrons. The zero-order valence-electron chi connectivity index (χ0n) is 15.0. The van der Waals surface area contributed by atoms with Crippen molar-refractivity contribution in [3.63, 3.8) is 0 Å². The van der Waals surface area contributed by atoms with Crippen molar-refractivity contribution >= 4 is 15.7 Å².